The number of guanidine groups is 2. The van der Waals surface area contributed by atoms with E-state index in [-0.39, 0.29) is 5.96 Å². The van der Waals surface area contributed by atoms with Gasteiger partial charge in [-0.15, -0.1) is 0 Å². The molecule has 0 bridgehead atoms. The van der Waals surface area contributed by atoms with Gasteiger partial charge >= 0.3 is 0 Å². The first-order chi connectivity index (χ1) is 10.2. The molecule has 0 aromatic carbocycles. The van der Waals surface area contributed by atoms with Crippen LogP contribution in [0.1, 0.15) is 32.6 Å². The third kappa shape index (κ3) is 0.993. The minimum atomic E-state index is -0.164. The van der Waals surface area contributed by atoms with E-state index in [1.165, 1.54) is 25.7 Å². The van der Waals surface area contributed by atoms with Crippen molar-refractivity contribution in [2.24, 2.45) is 57.9 Å². The molecule has 5 heteroatoms. The van der Waals surface area contributed by atoms with Crippen molar-refractivity contribution < 1.29 is 0 Å². The fourth-order valence-electron chi connectivity index (χ4n) is 7.30. The number of nitrogens with two attached hydrogens (primary N) is 2. The first kappa shape index (κ1) is 12.3. The van der Waals surface area contributed by atoms with Crippen LogP contribution in [0.4, 0.5) is 0 Å². The van der Waals surface area contributed by atoms with Crippen LogP contribution in [0.15, 0.2) is 4.99 Å². The zero-order valence-corrected chi connectivity index (χ0v) is 12.6. The molecule has 0 amide bonds. The van der Waals surface area contributed by atoms with Crippen LogP contribution in [0.2, 0.25) is 0 Å². The zero-order valence-electron chi connectivity index (χ0n) is 12.6. The van der Waals surface area contributed by atoms with E-state index in [2.05, 4.69) is 16.8 Å². The molecule has 0 radical (unpaired) electrons. The second kappa shape index (κ2) is 3.55. The first-order valence-corrected chi connectivity index (χ1v) is 8.61. The van der Waals surface area contributed by atoms with Gasteiger partial charge in [0.15, 0.2) is 5.96 Å². The highest BCUT2D eigenvalue weighted by molar-refractivity contribution is 5.92. The van der Waals surface area contributed by atoms with Crippen LogP contribution in [0, 0.1) is 46.8 Å². The lowest BCUT2D eigenvalue weighted by Crippen LogP contribution is -3.11. The Labute approximate surface area is 125 Å². The zero-order chi connectivity index (χ0) is 14.5. The minimum Gasteiger partial charge on any atom is -0.369 e. The summed E-state index contributed by atoms with van der Waals surface area (Å²) >= 11 is 0. The SMILES string of the molecule is CCCCCCN(/C(N)=N/C(=N)N)C12C3C4C5C3C1C5C42. The maximum absolute atomic E-state index is 7.41. The predicted octanol–water partition coefficient (Wildman–Crippen LogP) is 1.20. The maximum Gasteiger partial charge on any atom is 0.215 e. The van der Waals surface area contributed by atoms with Gasteiger partial charge in [0.1, 0.15) is 0 Å². The molecule has 5 nitrogen and oxygen atoms in total. The minimum absolute atomic E-state index is 0.164. The third-order valence-electron chi connectivity index (χ3n) is 7.64. The van der Waals surface area contributed by atoms with E-state index in [1.54, 1.807) is 0 Å². The van der Waals surface area contributed by atoms with Crippen molar-refractivity contribution in [1.29, 1.82) is 5.41 Å². The number of rotatable bonds is 6. The normalized spacial score (nSPS) is 52.6. The van der Waals surface area contributed by atoms with Crippen molar-refractivity contribution in [3.05, 3.63) is 0 Å². The average molecular weight is 287 g/mol. The van der Waals surface area contributed by atoms with Gasteiger partial charge in [0, 0.05) is 6.54 Å². The lowest BCUT2D eigenvalue weighted by atomic mass is 8.98. The van der Waals surface area contributed by atoms with Crippen LogP contribution in [0.25, 0.3) is 0 Å². The van der Waals surface area contributed by atoms with Gasteiger partial charge in [0.2, 0.25) is 5.96 Å². The molecule has 0 aromatic rings. The highest BCUT2D eigenvalue weighted by Crippen LogP contribution is 3.03. The number of hydrogen-bond acceptors (Lipinski definition) is 1. The Kier molecular flexibility index (Phi) is 2.08. The van der Waals surface area contributed by atoms with Gasteiger partial charge in [0.05, 0.1) is 5.54 Å². The molecular formula is C16H25N5. The highest BCUT2D eigenvalue weighted by Gasteiger charge is 3.05. The molecule has 0 atom stereocenters. The molecule has 6 saturated carbocycles. The average Bonchev–Trinajstić information content (AvgIpc) is 2.46. The van der Waals surface area contributed by atoms with E-state index < -0.39 is 0 Å². The monoisotopic (exact) mass is 287 g/mol. The molecule has 6 rings (SSSR count). The number of aliphatic imine (C=N–C) groups is 1. The second-order valence-corrected chi connectivity index (χ2v) is 7.84. The number of unbranched alkanes of at least 4 members (excludes halogenated alkanes) is 3. The molecular weight excluding hydrogens is 262 g/mol. The van der Waals surface area contributed by atoms with E-state index >= 15 is 0 Å². The predicted molar refractivity (Wildman–Crippen MR) is 81.5 cm³/mol. The molecule has 5 N–H and O–H groups in total. The summed E-state index contributed by atoms with van der Waals surface area (Å²) < 4.78 is 0. The van der Waals surface area contributed by atoms with E-state index in [0.717, 1.165) is 48.0 Å². The highest BCUT2D eigenvalue weighted by atomic mass is 15.4. The van der Waals surface area contributed by atoms with Crippen LogP contribution >= 0.6 is 0 Å². The Morgan fingerprint density at radius 1 is 1.05 bits per heavy atom. The van der Waals surface area contributed by atoms with Crippen molar-refractivity contribution in [1.82, 2.24) is 4.90 Å². The van der Waals surface area contributed by atoms with Crippen LogP contribution in [-0.4, -0.2) is 28.9 Å². The molecule has 0 saturated heterocycles. The Morgan fingerprint density at radius 3 is 2.19 bits per heavy atom. The van der Waals surface area contributed by atoms with Gasteiger partial charge in [0.25, 0.3) is 0 Å². The fraction of sp³-hybridized carbons (Fsp3) is 0.875. The number of nitrogens with one attached hydrogen (secondary N) is 1. The Hall–Kier alpha value is -1.26. The van der Waals surface area contributed by atoms with Crippen molar-refractivity contribution in [3.63, 3.8) is 0 Å². The topological polar surface area (TPSA) is 91.5 Å². The summed E-state index contributed by atoms with van der Waals surface area (Å²) in [4.78, 5) is 6.46. The summed E-state index contributed by atoms with van der Waals surface area (Å²) in [6.45, 7) is 3.24. The molecule has 6 fully saturated rings. The van der Waals surface area contributed by atoms with Crippen LogP contribution in [-0.2, 0) is 0 Å². The quantitative estimate of drug-likeness (QED) is 0.389. The van der Waals surface area contributed by atoms with E-state index in [9.17, 15) is 0 Å². The summed E-state index contributed by atoms with van der Waals surface area (Å²) in [5.41, 5.74) is 12.0. The summed E-state index contributed by atoms with van der Waals surface area (Å²) in [6, 6.07) is 0. The molecule has 0 unspecified atom stereocenters. The van der Waals surface area contributed by atoms with Gasteiger partial charge in [-0.05, 0) is 47.8 Å². The maximum atomic E-state index is 7.41. The molecule has 0 aromatic heterocycles. The van der Waals surface area contributed by atoms with Crippen LogP contribution in [0.3, 0.4) is 0 Å². The lowest BCUT2D eigenvalue weighted by Gasteiger charge is -3.08. The molecule has 0 aliphatic heterocycles. The Bertz CT molecular complexity index is 502. The Morgan fingerprint density at radius 2 is 1.67 bits per heavy atom. The summed E-state index contributed by atoms with van der Waals surface area (Å²) in [7, 11) is 0. The number of hydrogen-bond donors (Lipinski definition) is 3. The molecule has 21 heavy (non-hydrogen) atoms. The van der Waals surface area contributed by atoms with Crippen molar-refractivity contribution in [2.75, 3.05) is 6.54 Å². The van der Waals surface area contributed by atoms with E-state index in [0.29, 0.717) is 11.5 Å². The molecule has 6 aliphatic rings. The lowest BCUT2D eigenvalue weighted by molar-refractivity contribution is -0.595. The standard InChI is InChI=1S/C16H25N5/c1-2-3-4-5-6-21(15(19)20-14(17)18)16-11-8-7-9(11)13(16)10(7)12(8)16/h7-13H,2-6H2,1H3,(H5,17,18,19,20). The fourth-order valence-corrected chi connectivity index (χ4v) is 7.30. The summed E-state index contributed by atoms with van der Waals surface area (Å²) in [5.74, 6) is 7.30. The number of nitrogens with zero attached hydrogens (tertiary/aromatic N) is 2. The van der Waals surface area contributed by atoms with E-state index in [4.69, 9.17) is 16.9 Å². The summed E-state index contributed by atoms with van der Waals surface area (Å²) in [5, 5.41) is 7.41. The molecule has 0 spiro atoms. The molecule has 114 valence electrons. The van der Waals surface area contributed by atoms with Crippen LogP contribution in [0.5, 0.6) is 0 Å². The molecule has 6 aliphatic carbocycles. The first-order valence-electron chi connectivity index (χ1n) is 8.61. The van der Waals surface area contributed by atoms with Crippen molar-refractivity contribution in [3.8, 4) is 0 Å². The van der Waals surface area contributed by atoms with Gasteiger partial charge in [-0.1, -0.05) is 26.2 Å². The summed E-state index contributed by atoms with van der Waals surface area (Å²) in [6.07, 6.45) is 4.98. The Balaban J connectivity index is 1.35. The van der Waals surface area contributed by atoms with Gasteiger partial charge in [-0.3, -0.25) is 5.41 Å². The van der Waals surface area contributed by atoms with Crippen molar-refractivity contribution in [2.45, 2.75) is 38.1 Å². The molecule has 0 heterocycles. The van der Waals surface area contributed by atoms with Crippen LogP contribution < -0.4 is 11.5 Å². The van der Waals surface area contributed by atoms with Gasteiger partial charge in [-0.2, -0.15) is 4.99 Å². The van der Waals surface area contributed by atoms with E-state index in [1.807, 2.05) is 0 Å². The smallest absolute Gasteiger partial charge is 0.215 e. The third-order valence-corrected chi connectivity index (χ3v) is 7.64. The van der Waals surface area contributed by atoms with Crippen molar-refractivity contribution >= 4 is 11.9 Å². The van der Waals surface area contributed by atoms with Gasteiger partial charge in [-0.25, -0.2) is 0 Å². The largest absolute Gasteiger partial charge is 0.369 e. The second-order valence-electron chi connectivity index (χ2n) is 7.84. The van der Waals surface area contributed by atoms with Gasteiger partial charge < -0.3 is 16.4 Å².